The number of rotatable bonds is 12. The maximum Gasteiger partial charge on any atom is 0.124 e. The number of benzene rings is 3. The Labute approximate surface area is 264 Å². The molecule has 0 spiro atoms. The van der Waals surface area contributed by atoms with Gasteiger partial charge in [0.25, 0.3) is 0 Å². The maximum atomic E-state index is 13.3. The molecule has 0 fully saturated rings. The van der Waals surface area contributed by atoms with Crippen LogP contribution in [0.25, 0.3) is 11.1 Å². The molecule has 2 atom stereocenters. The minimum Gasteiger partial charge on any atom is -0.491 e. The summed E-state index contributed by atoms with van der Waals surface area (Å²) in [6.45, 7) is 11.3. The highest BCUT2D eigenvalue weighted by atomic mass is 32.2. The van der Waals surface area contributed by atoms with Crippen LogP contribution in [0.15, 0.2) is 88.7 Å². The van der Waals surface area contributed by atoms with Gasteiger partial charge in [-0.05, 0) is 42.7 Å². The number of methoxy groups -OCH3 is 1. The van der Waals surface area contributed by atoms with Crippen molar-refractivity contribution >= 4 is 21.8 Å². The molecule has 232 valence electrons. The maximum absolute atomic E-state index is 13.3. The standard InChI is InChI=1S/C28H33NO4S2.C3H8.C2H3N.C2H2/c1-5-22(2)35(31)29(20-23-11-7-6-8-12-23)21-25-16-15-24(19-27(25)33-18-17-32-3)26-13-9-10-14-28(26)34(4)30;1-3-2;1-2-3;1-2/h5-16,19H,17-18,20-21H2,1-4H3;3H2,1-2H3;1H3;1-2H/b22-5+;;;. The lowest BCUT2D eigenvalue weighted by Gasteiger charge is -2.23. The lowest BCUT2D eigenvalue weighted by molar-refractivity contribution is 0.145. The smallest absolute Gasteiger partial charge is 0.124 e. The van der Waals surface area contributed by atoms with Gasteiger partial charge in [-0.2, -0.15) is 5.26 Å². The van der Waals surface area contributed by atoms with Crippen LogP contribution in [0, 0.1) is 24.2 Å². The van der Waals surface area contributed by atoms with E-state index in [-0.39, 0.29) is 0 Å². The highest BCUT2D eigenvalue weighted by molar-refractivity contribution is 7.86. The van der Waals surface area contributed by atoms with Gasteiger partial charge in [0, 0.05) is 48.7 Å². The Morgan fingerprint density at radius 3 is 2.12 bits per heavy atom. The van der Waals surface area contributed by atoms with E-state index in [0.717, 1.165) is 32.1 Å². The molecule has 0 saturated heterocycles. The van der Waals surface area contributed by atoms with Gasteiger partial charge >= 0.3 is 0 Å². The van der Waals surface area contributed by atoms with E-state index in [1.165, 1.54) is 13.3 Å². The molecule has 0 aliphatic rings. The average molecular weight is 623 g/mol. The Kier molecular flexibility index (Phi) is 22.0. The highest BCUT2D eigenvalue weighted by Crippen LogP contribution is 2.32. The largest absolute Gasteiger partial charge is 0.491 e. The average Bonchev–Trinajstić information content (AvgIpc) is 3.03. The zero-order valence-electron chi connectivity index (χ0n) is 26.5. The van der Waals surface area contributed by atoms with Gasteiger partial charge in [0.15, 0.2) is 0 Å². The van der Waals surface area contributed by atoms with E-state index in [0.29, 0.717) is 32.1 Å². The van der Waals surface area contributed by atoms with Gasteiger partial charge in [0.1, 0.15) is 23.3 Å². The first-order valence-corrected chi connectivity index (χ1v) is 16.6. The van der Waals surface area contributed by atoms with Crippen molar-refractivity contribution in [1.82, 2.24) is 4.31 Å². The monoisotopic (exact) mass is 622 g/mol. The molecule has 43 heavy (non-hydrogen) atoms. The van der Waals surface area contributed by atoms with Gasteiger partial charge in [-0.25, -0.2) is 8.51 Å². The zero-order chi connectivity index (χ0) is 32.6. The first kappa shape index (κ1) is 39.5. The molecule has 0 aliphatic carbocycles. The van der Waals surface area contributed by atoms with Crippen LogP contribution < -0.4 is 4.74 Å². The molecule has 0 heterocycles. The van der Waals surface area contributed by atoms with Crippen molar-refractivity contribution in [1.29, 1.82) is 5.26 Å². The molecule has 0 aromatic heterocycles. The van der Waals surface area contributed by atoms with Crippen LogP contribution in [0.4, 0.5) is 0 Å². The van der Waals surface area contributed by atoms with Gasteiger partial charge in [-0.3, -0.25) is 4.21 Å². The molecule has 8 heteroatoms. The number of terminal acetylenes is 1. The number of allylic oxidation sites excluding steroid dienone is 2. The van der Waals surface area contributed by atoms with Crippen LogP contribution in [-0.2, 0) is 39.6 Å². The molecule has 0 aliphatic heterocycles. The van der Waals surface area contributed by atoms with Gasteiger partial charge in [-0.15, -0.1) is 12.8 Å². The molecule has 0 radical (unpaired) electrons. The van der Waals surface area contributed by atoms with E-state index in [1.807, 2.05) is 97.0 Å². The van der Waals surface area contributed by atoms with Gasteiger partial charge in [-0.1, -0.05) is 87.0 Å². The molecule has 6 nitrogen and oxygen atoms in total. The summed E-state index contributed by atoms with van der Waals surface area (Å²) in [7, 11) is -0.779. The van der Waals surface area contributed by atoms with Crippen LogP contribution in [0.3, 0.4) is 0 Å². The predicted molar refractivity (Wildman–Crippen MR) is 182 cm³/mol. The van der Waals surface area contributed by atoms with Crippen molar-refractivity contribution in [3.05, 3.63) is 94.9 Å². The van der Waals surface area contributed by atoms with Crippen LogP contribution in [0.5, 0.6) is 5.75 Å². The van der Waals surface area contributed by atoms with E-state index >= 15 is 0 Å². The van der Waals surface area contributed by atoms with Gasteiger partial charge < -0.3 is 9.47 Å². The van der Waals surface area contributed by atoms with Crippen molar-refractivity contribution in [3.63, 3.8) is 0 Å². The van der Waals surface area contributed by atoms with E-state index in [1.54, 1.807) is 19.4 Å². The zero-order valence-corrected chi connectivity index (χ0v) is 28.2. The molecule has 0 bridgehead atoms. The second-order valence-electron chi connectivity index (χ2n) is 8.98. The minimum absolute atomic E-state index is 0.393. The summed E-state index contributed by atoms with van der Waals surface area (Å²) in [6.07, 6.45) is 12.8. The normalized spacial score (nSPS) is 11.7. The van der Waals surface area contributed by atoms with Crippen molar-refractivity contribution in [3.8, 4) is 35.8 Å². The summed E-state index contributed by atoms with van der Waals surface area (Å²) in [6, 6.07) is 25.5. The van der Waals surface area contributed by atoms with Gasteiger partial charge in [0.2, 0.25) is 0 Å². The summed E-state index contributed by atoms with van der Waals surface area (Å²) in [5.41, 5.74) is 3.84. The fourth-order valence-corrected chi connectivity index (χ4v) is 5.53. The number of ether oxygens (including phenoxy) is 2. The summed E-state index contributed by atoms with van der Waals surface area (Å²) in [5, 5.41) is 7.32. The third kappa shape index (κ3) is 14.5. The highest BCUT2D eigenvalue weighted by Gasteiger charge is 2.19. The fraction of sp³-hybridized carbons (Fsp3) is 0.343. The molecular formula is C35H46N2O4S2. The predicted octanol–water partition coefficient (Wildman–Crippen LogP) is 7.90. The second-order valence-corrected chi connectivity index (χ2v) is 12.0. The molecule has 0 amide bonds. The molecule has 0 saturated carbocycles. The Balaban J connectivity index is 0.00000199. The van der Waals surface area contributed by atoms with Crippen LogP contribution >= 0.6 is 0 Å². The van der Waals surface area contributed by atoms with E-state index in [2.05, 4.69) is 26.7 Å². The molecule has 3 aromatic rings. The Hall–Kier alpha value is -3.53. The molecule has 3 aromatic carbocycles. The molecule has 2 unspecified atom stereocenters. The third-order valence-corrected chi connectivity index (χ3v) is 8.07. The SMILES string of the molecule is C#C.C/C=C(\C)S(=O)N(Cc1ccccc1)Cc1ccc(-c2ccccc2S(C)=O)cc1OCCOC.CC#N.CCC. The number of nitriles is 1. The van der Waals surface area contributed by atoms with Crippen LogP contribution in [0.1, 0.15) is 52.2 Å². The lowest BCUT2D eigenvalue weighted by atomic mass is 10.0. The Bertz CT molecular complexity index is 1350. The van der Waals surface area contributed by atoms with E-state index < -0.39 is 21.8 Å². The molecule has 3 rings (SSSR count). The van der Waals surface area contributed by atoms with Crippen molar-refractivity contribution in [2.75, 3.05) is 26.6 Å². The third-order valence-electron chi connectivity index (χ3n) is 5.58. The Morgan fingerprint density at radius 2 is 1.56 bits per heavy atom. The minimum atomic E-state index is -1.30. The molecular weight excluding hydrogens is 577 g/mol. The van der Waals surface area contributed by atoms with Crippen LogP contribution in [-0.4, -0.2) is 39.3 Å². The van der Waals surface area contributed by atoms with E-state index in [9.17, 15) is 8.42 Å². The van der Waals surface area contributed by atoms with E-state index in [4.69, 9.17) is 14.7 Å². The second kappa shape index (κ2) is 24.0. The van der Waals surface area contributed by atoms with Crippen molar-refractivity contribution in [2.45, 2.75) is 59.0 Å². The summed E-state index contributed by atoms with van der Waals surface area (Å²) in [5.74, 6) is 0.699. The first-order chi connectivity index (χ1) is 20.8. The Morgan fingerprint density at radius 1 is 0.977 bits per heavy atom. The number of hydrogen-bond donors (Lipinski definition) is 0. The number of nitrogens with zero attached hydrogens (tertiary/aromatic N) is 2. The fourth-order valence-electron chi connectivity index (χ4n) is 3.63. The summed E-state index contributed by atoms with van der Waals surface area (Å²) in [4.78, 5) is 1.58. The summed E-state index contributed by atoms with van der Waals surface area (Å²) >= 11 is 0. The van der Waals surface area contributed by atoms with Gasteiger partial charge in [0.05, 0.1) is 23.5 Å². The molecule has 0 N–H and O–H groups in total. The lowest BCUT2D eigenvalue weighted by Crippen LogP contribution is -2.26. The quantitative estimate of drug-likeness (QED) is 0.152. The van der Waals surface area contributed by atoms with Crippen molar-refractivity contribution < 1.29 is 17.9 Å². The topological polar surface area (TPSA) is 79.6 Å². The summed E-state index contributed by atoms with van der Waals surface area (Å²) < 4.78 is 38.9. The van der Waals surface area contributed by atoms with Crippen LogP contribution in [0.2, 0.25) is 0 Å². The first-order valence-electron chi connectivity index (χ1n) is 13.9. The van der Waals surface area contributed by atoms with Crippen molar-refractivity contribution in [2.24, 2.45) is 0 Å². The number of hydrogen-bond acceptors (Lipinski definition) is 5.